The second-order valence-corrected chi connectivity index (χ2v) is 16.2. The number of hydrogen-bond donors (Lipinski definition) is 0. The molecule has 0 N–H and O–H groups in total. The molecule has 0 bridgehead atoms. The minimum atomic E-state index is -0.291. The fourth-order valence-electron chi connectivity index (χ4n) is 9.52. The van der Waals surface area contributed by atoms with Crippen molar-refractivity contribution in [2.24, 2.45) is 0 Å². The Labute approximate surface area is 345 Å². The van der Waals surface area contributed by atoms with Crippen LogP contribution >= 0.6 is 0 Å². The zero-order valence-electron chi connectivity index (χ0n) is 33.2. The molecule has 0 aromatic heterocycles. The number of fused-ring (bicyclic) bond motifs is 5. The number of para-hydroxylation sites is 1. The van der Waals surface area contributed by atoms with E-state index in [4.69, 9.17) is 0 Å². The average molecular weight is 755 g/mol. The molecule has 0 aliphatic carbocycles. The van der Waals surface area contributed by atoms with Gasteiger partial charge in [-0.05, 0) is 109 Å². The SMILES string of the molecule is CC1(C)c2ccccc2N(c2c(N(c3ccc(-c4ccccc4)cc3)c3ccc4ccccc4c3)ccc3ccccc23)c2cccc(-c3ccc4ccccc4c3)c21. The van der Waals surface area contributed by atoms with Crippen LogP contribution in [0.5, 0.6) is 0 Å². The summed E-state index contributed by atoms with van der Waals surface area (Å²) in [6.45, 7) is 4.79. The summed E-state index contributed by atoms with van der Waals surface area (Å²) in [5.74, 6) is 0. The van der Waals surface area contributed by atoms with Crippen LogP contribution in [0.1, 0.15) is 25.0 Å². The second kappa shape index (κ2) is 13.9. The summed E-state index contributed by atoms with van der Waals surface area (Å²) in [5.41, 5.74) is 14.0. The third-order valence-electron chi connectivity index (χ3n) is 12.4. The predicted octanol–water partition coefficient (Wildman–Crippen LogP) is 16.1. The smallest absolute Gasteiger partial charge is 0.0781 e. The molecule has 280 valence electrons. The van der Waals surface area contributed by atoms with Crippen LogP contribution in [0.2, 0.25) is 0 Å². The molecule has 2 nitrogen and oxygen atoms in total. The number of hydrogen-bond acceptors (Lipinski definition) is 2. The van der Waals surface area contributed by atoms with E-state index in [2.05, 4.69) is 242 Å². The topological polar surface area (TPSA) is 6.48 Å². The first-order chi connectivity index (χ1) is 29.0. The van der Waals surface area contributed by atoms with E-state index in [0.29, 0.717) is 0 Å². The van der Waals surface area contributed by atoms with Crippen LogP contribution in [0.25, 0.3) is 54.6 Å². The standard InChI is InChI=1S/C57H42N2/c1-57(2)51-24-12-13-25-52(51)59(53-26-14-23-49(55(53)57)46-28-27-40-17-6-8-20-44(40)37-46)56-50-22-11-10-19-43(50)32-36-54(56)58(48-35-31-41-18-7-9-21-45(41)38-48)47-33-29-42(30-34-47)39-15-4-3-5-16-39/h3-38H,1-2H3. The Morgan fingerprint density at radius 2 is 0.949 bits per heavy atom. The monoisotopic (exact) mass is 754 g/mol. The third-order valence-corrected chi connectivity index (χ3v) is 12.4. The Balaban J connectivity index is 1.20. The number of rotatable bonds is 6. The minimum absolute atomic E-state index is 0.291. The lowest BCUT2D eigenvalue weighted by Gasteiger charge is -2.44. The summed E-state index contributed by atoms with van der Waals surface area (Å²) in [5, 5.41) is 7.30. The lowest BCUT2D eigenvalue weighted by Crippen LogP contribution is -2.32. The molecule has 0 amide bonds. The maximum Gasteiger partial charge on any atom is 0.0781 e. The van der Waals surface area contributed by atoms with E-state index < -0.39 is 0 Å². The normalized spacial score (nSPS) is 13.0. The Hall–Kier alpha value is -7.42. The predicted molar refractivity (Wildman–Crippen MR) is 251 cm³/mol. The Bertz CT molecular complexity index is 3200. The molecule has 0 saturated carbocycles. The van der Waals surface area contributed by atoms with E-state index in [1.165, 1.54) is 77.1 Å². The van der Waals surface area contributed by atoms with E-state index in [-0.39, 0.29) is 5.41 Å². The van der Waals surface area contributed by atoms with Crippen molar-refractivity contribution in [2.45, 2.75) is 19.3 Å². The largest absolute Gasteiger partial charge is 0.308 e. The number of anilines is 6. The zero-order chi connectivity index (χ0) is 39.5. The van der Waals surface area contributed by atoms with Crippen LogP contribution in [0.4, 0.5) is 34.1 Å². The van der Waals surface area contributed by atoms with E-state index in [9.17, 15) is 0 Å². The fraction of sp³-hybridized carbons (Fsp3) is 0.0526. The van der Waals surface area contributed by atoms with Crippen molar-refractivity contribution in [3.8, 4) is 22.3 Å². The first-order valence-corrected chi connectivity index (χ1v) is 20.5. The zero-order valence-corrected chi connectivity index (χ0v) is 33.2. The van der Waals surface area contributed by atoms with Crippen LogP contribution < -0.4 is 9.80 Å². The van der Waals surface area contributed by atoms with Gasteiger partial charge in [0.1, 0.15) is 0 Å². The van der Waals surface area contributed by atoms with E-state index >= 15 is 0 Å². The van der Waals surface area contributed by atoms with Crippen LogP contribution in [0.15, 0.2) is 218 Å². The minimum Gasteiger partial charge on any atom is -0.308 e. The molecular weight excluding hydrogens is 713 g/mol. The van der Waals surface area contributed by atoms with Crippen molar-refractivity contribution in [1.82, 2.24) is 0 Å². The summed E-state index contributed by atoms with van der Waals surface area (Å²) in [6.07, 6.45) is 0. The van der Waals surface area contributed by atoms with Crippen LogP contribution in [0.3, 0.4) is 0 Å². The molecule has 1 aliphatic heterocycles. The summed E-state index contributed by atoms with van der Waals surface area (Å²) < 4.78 is 0. The van der Waals surface area contributed by atoms with Gasteiger partial charge in [-0.1, -0.05) is 184 Å². The quantitative estimate of drug-likeness (QED) is 0.167. The summed E-state index contributed by atoms with van der Waals surface area (Å²) >= 11 is 0. The Kier molecular flexibility index (Phi) is 8.20. The maximum atomic E-state index is 2.56. The second-order valence-electron chi connectivity index (χ2n) is 16.2. The molecule has 0 unspecified atom stereocenters. The third kappa shape index (κ3) is 5.79. The highest BCUT2D eigenvalue weighted by molar-refractivity contribution is 6.09. The van der Waals surface area contributed by atoms with Gasteiger partial charge >= 0.3 is 0 Å². The van der Waals surface area contributed by atoms with Gasteiger partial charge in [-0.3, -0.25) is 0 Å². The van der Waals surface area contributed by atoms with Gasteiger partial charge in [0.25, 0.3) is 0 Å². The molecule has 11 rings (SSSR count). The van der Waals surface area contributed by atoms with Crippen molar-refractivity contribution in [3.05, 3.63) is 230 Å². The van der Waals surface area contributed by atoms with E-state index in [1.807, 2.05) is 0 Å². The van der Waals surface area contributed by atoms with Gasteiger partial charge in [-0.2, -0.15) is 0 Å². The molecule has 10 aromatic carbocycles. The van der Waals surface area contributed by atoms with Gasteiger partial charge < -0.3 is 9.80 Å². The van der Waals surface area contributed by atoms with Crippen molar-refractivity contribution in [3.63, 3.8) is 0 Å². The Morgan fingerprint density at radius 3 is 1.73 bits per heavy atom. The van der Waals surface area contributed by atoms with Crippen LogP contribution in [-0.4, -0.2) is 0 Å². The fourth-order valence-corrected chi connectivity index (χ4v) is 9.52. The van der Waals surface area contributed by atoms with Gasteiger partial charge in [0.2, 0.25) is 0 Å². The molecule has 0 fully saturated rings. The number of nitrogens with zero attached hydrogens (tertiary/aromatic N) is 2. The van der Waals surface area contributed by atoms with Crippen LogP contribution in [0, 0.1) is 0 Å². The Morgan fingerprint density at radius 1 is 0.390 bits per heavy atom. The molecule has 0 saturated heterocycles. The highest BCUT2D eigenvalue weighted by Crippen LogP contribution is 2.58. The summed E-state index contributed by atoms with van der Waals surface area (Å²) in [6, 6.07) is 80.1. The van der Waals surface area contributed by atoms with Gasteiger partial charge in [0, 0.05) is 22.2 Å². The number of benzene rings is 10. The first kappa shape index (κ1) is 34.8. The molecule has 0 radical (unpaired) electrons. The molecule has 0 atom stereocenters. The average Bonchev–Trinajstić information content (AvgIpc) is 3.29. The summed E-state index contributed by atoms with van der Waals surface area (Å²) in [7, 11) is 0. The first-order valence-electron chi connectivity index (χ1n) is 20.5. The molecule has 0 spiro atoms. The molecule has 1 heterocycles. The van der Waals surface area contributed by atoms with Crippen molar-refractivity contribution >= 4 is 66.4 Å². The van der Waals surface area contributed by atoms with Gasteiger partial charge in [-0.25, -0.2) is 0 Å². The highest BCUT2D eigenvalue weighted by atomic mass is 15.2. The molecule has 10 aromatic rings. The highest BCUT2D eigenvalue weighted by Gasteiger charge is 2.40. The van der Waals surface area contributed by atoms with Gasteiger partial charge in [-0.15, -0.1) is 0 Å². The summed E-state index contributed by atoms with van der Waals surface area (Å²) in [4.78, 5) is 5.02. The lowest BCUT2D eigenvalue weighted by molar-refractivity contribution is 0.634. The lowest BCUT2D eigenvalue weighted by atomic mass is 9.70. The van der Waals surface area contributed by atoms with E-state index in [1.54, 1.807) is 0 Å². The van der Waals surface area contributed by atoms with Gasteiger partial charge in [0.15, 0.2) is 0 Å². The molecular formula is C57H42N2. The van der Waals surface area contributed by atoms with Crippen molar-refractivity contribution < 1.29 is 0 Å². The van der Waals surface area contributed by atoms with Crippen LogP contribution in [-0.2, 0) is 5.41 Å². The maximum absolute atomic E-state index is 2.56. The molecule has 1 aliphatic rings. The molecule has 59 heavy (non-hydrogen) atoms. The van der Waals surface area contributed by atoms with Crippen molar-refractivity contribution in [2.75, 3.05) is 9.80 Å². The van der Waals surface area contributed by atoms with Crippen molar-refractivity contribution in [1.29, 1.82) is 0 Å². The van der Waals surface area contributed by atoms with Gasteiger partial charge in [0.05, 0.1) is 22.7 Å². The molecule has 2 heteroatoms. The van der Waals surface area contributed by atoms with E-state index in [0.717, 1.165) is 22.7 Å².